The molecule has 1 amide bonds. The first-order valence-corrected chi connectivity index (χ1v) is 6.73. The van der Waals surface area contributed by atoms with Crippen LogP contribution in [0.5, 0.6) is 0 Å². The van der Waals surface area contributed by atoms with Gasteiger partial charge in [0.15, 0.2) is 6.61 Å². The van der Waals surface area contributed by atoms with Crippen LogP contribution in [0.25, 0.3) is 0 Å². The number of benzene rings is 2. The van der Waals surface area contributed by atoms with E-state index in [4.69, 9.17) is 10.00 Å². The number of rotatable bonds is 4. The van der Waals surface area contributed by atoms with Crippen molar-refractivity contribution in [1.29, 1.82) is 5.26 Å². The SMILES string of the molecule is Cc1ccc(C(=O)OCC(=O)Nc2ccc(C#N)cc2)cc1F. The fourth-order valence-corrected chi connectivity index (χ4v) is 1.76. The van der Waals surface area contributed by atoms with Gasteiger partial charge in [-0.2, -0.15) is 5.26 Å². The summed E-state index contributed by atoms with van der Waals surface area (Å²) in [7, 11) is 0. The van der Waals surface area contributed by atoms with Crippen LogP contribution < -0.4 is 5.32 Å². The minimum absolute atomic E-state index is 0.0410. The molecule has 0 aromatic heterocycles. The van der Waals surface area contributed by atoms with Crippen molar-refractivity contribution in [3.63, 3.8) is 0 Å². The molecule has 2 rings (SSSR count). The molecule has 0 aliphatic heterocycles. The smallest absolute Gasteiger partial charge is 0.338 e. The molecule has 2 aromatic rings. The standard InChI is InChI=1S/C17H13FN2O3/c1-11-2-5-13(8-15(11)18)17(22)23-10-16(21)20-14-6-3-12(9-19)4-7-14/h2-8H,10H2,1H3,(H,20,21). The Kier molecular flexibility index (Phi) is 5.05. The van der Waals surface area contributed by atoms with Crippen LogP contribution in [0, 0.1) is 24.1 Å². The number of nitriles is 1. The zero-order valence-electron chi connectivity index (χ0n) is 12.3. The summed E-state index contributed by atoms with van der Waals surface area (Å²) >= 11 is 0. The molecule has 0 aliphatic carbocycles. The van der Waals surface area contributed by atoms with Gasteiger partial charge in [0.05, 0.1) is 17.2 Å². The molecule has 0 saturated carbocycles. The number of ether oxygens (including phenoxy) is 1. The molecule has 0 fully saturated rings. The predicted octanol–water partition coefficient (Wildman–Crippen LogP) is 2.80. The Labute approximate surface area is 132 Å². The first-order valence-electron chi connectivity index (χ1n) is 6.73. The average molecular weight is 312 g/mol. The Morgan fingerprint density at radius 2 is 1.91 bits per heavy atom. The van der Waals surface area contributed by atoms with E-state index in [2.05, 4.69) is 5.32 Å². The molecule has 116 valence electrons. The molecule has 0 saturated heterocycles. The third-order valence-electron chi connectivity index (χ3n) is 3.04. The van der Waals surface area contributed by atoms with Crippen LogP contribution in [-0.2, 0) is 9.53 Å². The molecule has 0 aliphatic rings. The van der Waals surface area contributed by atoms with Crippen molar-refractivity contribution in [2.24, 2.45) is 0 Å². The maximum Gasteiger partial charge on any atom is 0.338 e. The zero-order chi connectivity index (χ0) is 16.8. The third-order valence-corrected chi connectivity index (χ3v) is 3.04. The highest BCUT2D eigenvalue weighted by Gasteiger charge is 2.12. The van der Waals surface area contributed by atoms with Crippen LogP contribution in [0.2, 0.25) is 0 Å². The van der Waals surface area contributed by atoms with Gasteiger partial charge in [0.1, 0.15) is 5.82 Å². The van der Waals surface area contributed by atoms with Gasteiger partial charge in [0.2, 0.25) is 0 Å². The third kappa shape index (κ3) is 4.38. The van der Waals surface area contributed by atoms with Gasteiger partial charge in [-0.3, -0.25) is 4.79 Å². The van der Waals surface area contributed by atoms with Crippen LogP contribution in [0.1, 0.15) is 21.5 Å². The molecule has 0 radical (unpaired) electrons. The van der Waals surface area contributed by atoms with Crippen LogP contribution in [0.3, 0.4) is 0 Å². The molecular formula is C17H13FN2O3. The Morgan fingerprint density at radius 3 is 2.52 bits per heavy atom. The van der Waals surface area contributed by atoms with Gasteiger partial charge in [-0.05, 0) is 48.9 Å². The van der Waals surface area contributed by atoms with E-state index in [1.807, 2.05) is 6.07 Å². The Morgan fingerprint density at radius 1 is 1.22 bits per heavy atom. The number of anilines is 1. The van der Waals surface area contributed by atoms with Crippen molar-refractivity contribution in [2.45, 2.75) is 6.92 Å². The molecule has 0 unspecified atom stereocenters. The van der Waals surface area contributed by atoms with E-state index in [0.717, 1.165) is 6.07 Å². The van der Waals surface area contributed by atoms with E-state index in [0.29, 0.717) is 16.8 Å². The summed E-state index contributed by atoms with van der Waals surface area (Å²) in [6.45, 7) is 1.09. The lowest BCUT2D eigenvalue weighted by atomic mass is 10.1. The molecule has 1 N–H and O–H groups in total. The predicted molar refractivity (Wildman–Crippen MR) is 81.2 cm³/mol. The molecule has 2 aromatic carbocycles. The van der Waals surface area contributed by atoms with E-state index in [9.17, 15) is 14.0 Å². The number of carbonyl (C=O) groups excluding carboxylic acids is 2. The highest BCUT2D eigenvalue weighted by Crippen LogP contribution is 2.11. The number of amides is 1. The lowest BCUT2D eigenvalue weighted by Gasteiger charge is -2.07. The molecular weight excluding hydrogens is 299 g/mol. The number of hydrogen-bond acceptors (Lipinski definition) is 4. The van der Waals surface area contributed by atoms with Crippen molar-refractivity contribution in [3.05, 3.63) is 65.0 Å². The second-order valence-electron chi connectivity index (χ2n) is 4.78. The summed E-state index contributed by atoms with van der Waals surface area (Å²) in [5.41, 5.74) is 1.40. The lowest BCUT2D eigenvalue weighted by molar-refractivity contribution is -0.119. The highest BCUT2D eigenvalue weighted by molar-refractivity contribution is 5.95. The lowest BCUT2D eigenvalue weighted by Crippen LogP contribution is -2.21. The minimum Gasteiger partial charge on any atom is -0.452 e. The van der Waals surface area contributed by atoms with E-state index in [1.54, 1.807) is 31.2 Å². The molecule has 0 atom stereocenters. The van der Waals surface area contributed by atoms with Crippen molar-refractivity contribution in [1.82, 2.24) is 0 Å². The van der Waals surface area contributed by atoms with Crippen molar-refractivity contribution >= 4 is 17.6 Å². The largest absolute Gasteiger partial charge is 0.452 e. The van der Waals surface area contributed by atoms with Crippen molar-refractivity contribution in [2.75, 3.05) is 11.9 Å². The topological polar surface area (TPSA) is 79.2 Å². The second-order valence-corrected chi connectivity index (χ2v) is 4.78. The fourth-order valence-electron chi connectivity index (χ4n) is 1.76. The van der Waals surface area contributed by atoms with Crippen molar-refractivity contribution in [3.8, 4) is 6.07 Å². The number of aryl methyl sites for hydroxylation is 1. The molecule has 0 bridgehead atoms. The summed E-state index contributed by atoms with van der Waals surface area (Å²) in [5, 5.41) is 11.2. The maximum absolute atomic E-state index is 13.4. The fraction of sp³-hybridized carbons (Fsp3) is 0.118. The van der Waals surface area contributed by atoms with Crippen LogP contribution in [-0.4, -0.2) is 18.5 Å². The van der Waals surface area contributed by atoms with Crippen LogP contribution in [0.15, 0.2) is 42.5 Å². The van der Waals surface area contributed by atoms with E-state index in [-0.39, 0.29) is 5.56 Å². The molecule has 0 heterocycles. The van der Waals surface area contributed by atoms with Gasteiger partial charge in [-0.1, -0.05) is 6.07 Å². The van der Waals surface area contributed by atoms with Gasteiger partial charge in [-0.15, -0.1) is 0 Å². The first-order chi connectivity index (χ1) is 11.0. The number of hydrogen-bond donors (Lipinski definition) is 1. The van der Waals surface area contributed by atoms with Gasteiger partial charge in [0, 0.05) is 5.69 Å². The molecule has 5 nitrogen and oxygen atoms in total. The van der Waals surface area contributed by atoms with Gasteiger partial charge in [0.25, 0.3) is 5.91 Å². The van der Waals surface area contributed by atoms with Gasteiger partial charge in [-0.25, -0.2) is 9.18 Å². The van der Waals surface area contributed by atoms with E-state index >= 15 is 0 Å². The maximum atomic E-state index is 13.4. The van der Waals surface area contributed by atoms with Crippen LogP contribution in [0.4, 0.5) is 10.1 Å². The number of nitrogens with zero attached hydrogens (tertiary/aromatic N) is 1. The highest BCUT2D eigenvalue weighted by atomic mass is 19.1. The van der Waals surface area contributed by atoms with Crippen LogP contribution >= 0.6 is 0 Å². The van der Waals surface area contributed by atoms with Crippen molar-refractivity contribution < 1.29 is 18.7 Å². The molecule has 0 spiro atoms. The summed E-state index contributed by atoms with van der Waals surface area (Å²) in [5.74, 6) is -1.82. The number of carbonyl (C=O) groups is 2. The monoisotopic (exact) mass is 312 g/mol. The Bertz CT molecular complexity index is 779. The number of nitrogens with one attached hydrogen (secondary N) is 1. The second kappa shape index (κ2) is 7.18. The normalized spacial score (nSPS) is 9.78. The quantitative estimate of drug-likeness (QED) is 0.880. The minimum atomic E-state index is -0.779. The number of esters is 1. The first kappa shape index (κ1) is 16.2. The van der Waals surface area contributed by atoms with E-state index < -0.39 is 24.3 Å². The number of halogens is 1. The molecule has 6 heteroatoms. The summed E-state index contributed by atoms with van der Waals surface area (Å²) in [6.07, 6.45) is 0. The summed E-state index contributed by atoms with van der Waals surface area (Å²) in [6, 6.07) is 12.1. The summed E-state index contributed by atoms with van der Waals surface area (Å²) in [4.78, 5) is 23.4. The average Bonchev–Trinajstić information content (AvgIpc) is 2.56. The molecule has 23 heavy (non-hydrogen) atoms. The Balaban J connectivity index is 1.89. The zero-order valence-corrected chi connectivity index (χ0v) is 12.3. The Hall–Kier alpha value is -3.20. The van der Waals surface area contributed by atoms with E-state index in [1.165, 1.54) is 12.1 Å². The van der Waals surface area contributed by atoms with Gasteiger partial charge < -0.3 is 10.1 Å². The summed E-state index contributed by atoms with van der Waals surface area (Å²) < 4.78 is 18.2. The van der Waals surface area contributed by atoms with Gasteiger partial charge >= 0.3 is 5.97 Å².